The second kappa shape index (κ2) is 3.75. The van der Waals surface area contributed by atoms with E-state index in [9.17, 15) is 0 Å². The molecule has 0 N–H and O–H groups in total. The molecule has 0 unspecified atom stereocenters. The molecule has 1 heterocycles. The van der Waals surface area contributed by atoms with Gasteiger partial charge in [0.2, 0.25) is 0 Å². The lowest BCUT2D eigenvalue weighted by molar-refractivity contribution is 1.03. The van der Waals surface area contributed by atoms with E-state index in [0.29, 0.717) is 0 Å². The van der Waals surface area contributed by atoms with E-state index in [2.05, 4.69) is 36.8 Å². The van der Waals surface area contributed by atoms with Crippen molar-refractivity contribution >= 4 is 37.7 Å². The lowest BCUT2D eigenvalue weighted by atomic mass is 10.3. The Kier molecular flexibility index (Phi) is 3.12. The van der Waals surface area contributed by atoms with Gasteiger partial charge in [0.25, 0.3) is 0 Å². The molecule has 1 aromatic rings. The standard InChI is InChI=1S/C8H10Br2N2/c1-5-4-6(9)7(10)11-8(5)12(2)3/h4H,1-3H3. The summed E-state index contributed by atoms with van der Waals surface area (Å²) < 4.78 is 1.84. The first-order chi connectivity index (χ1) is 5.52. The van der Waals surface area contributed by atoms with Crippen LogP contribution in [0.25, 0.3) is 0 Å². The van der Waals surface area contributed by atoms with Crippen LogP contribution < -0.4 is 4.90 Å². The second-order valence-electron chi connectivity index (χ2n) is 2.80. The lowest BCUT2D eigenvalue weighted by Gasteiger charge is -2.14. The van der Waals surface area contributed by atoms with Crippen LogP contribution in [0.1, 0.15) is 5.56 Å². The number of halogens is 2. The molecule has 0 saturated heterocycles. The minimum absolute atomic E-state index is 0.844. The predicted octanol–water partition coefficient (Wildman–Crippen LogP) is 2.98. The van der Waals surface area contributed by atoms with Crippen molar-refractivity contribution in [2.24, 2.45) is 0 Å². The molecule has 0 radical (unpaired) electrons. The van der Waals surface area contributed by atoms with E-state index >= 15 is 0 Å². The molecule has 0 spiro atoms. The molecule has 0 aliphatic carbocycles. The molecular weight excluding hydrogens is 284 g/mol. The summed E-state index contributed by atoms with van der Waals surface area (Å²) in [5.41, 5.74) is 1.16. The number of aryl methyl sites for hydroxylation is 1. The maximum atomic E-state index is 4.37. The lowest BCUT2D eigenvalue weighted by Crippen LogP contribution is -2.12. The summed E-state index contributed by atoms with van der Waals surface area (Å²) in [6.45, 7) is 2.04. The zero-order valence-corrected chi connectivity index (χ0v) is 10.4. The van der Waals surface area contributed by atoms with Crippen LogP contribution in [0.5, 0.6) is 0 Å². The smallest absolute Gasteiger partial charge is 0.132 e. The highest BCUT2D eigenvalue weighted by molar-refractivity contribution is 9.13. The van der Waals surface area contributed by atoms with Gasteiger partial charge in [0.1, 0.15) is 10.4 Å². The maximum Gasteiger partial charge on any atom is 0.132 e. The largest absolute Gasteiger partial charge is 0.362 e. The predicted molar refractivity (Wildman–Crippen MR) is 58.7 cm³/mol. The molecule has 66 valence electrons. The van der Waals surface area contributed by atoms with E-state index in [1.807, 2.05) is 32.0 Å². The van der Waals surface area contributed by atoms with Crippen LogP contribution >= 0.6 is 31.9 Å². The number of aromatic nitrogens is 1. The molecule has 0 fully saturated rings. The van der Waals surface area contributed by atoms with Crippen molar-refractivity contribution in [1.29, 1.82) is 0 Å². The molecule has 0 aliphatic heterocycles. The van der Waals surface area contributed by atoms with Crippen LogP contribution in [0.4, 0.5) is 5.82 Å². The second-order valence-corrected chi connectivity index (χ2v) is 4.40. The molecule has 0 bridgehead atoms. The molecule has 0 saturated carbocycles. The van der Waals surface area contributed by atoms with Crippen LogP contribution in [0.2, 0.25) is 0 Å². The number of pyridine rings is 1. The minimum Gasteiger partial charge on any atom is -0.362 e. The third-order valence-electron chi connectivity index (χ3n) is 1.52. The molecule has 0 amide bonds. The molecule has 1 rings (SSSR count). The minimum atomic E-state index is 0.844. The molecule has 0 aromatic carbocycles. The van der Waals surface area contributed by atoms with Crippen molar-refractivity contribution in [3.8, 4) is 0 Å². The molecule has 1 aromatic heterocycles. The Hall–Kier alpha value is -0.0900. The summed E-state index contributed by atoms with van der Waals surface area (Å²) in [5.74, 6) is 0.991. The van der Waals surface area contributed by atoms with Crippen LogP contribution in [-0.4, -0.2) is 19.1 Å². The highest BCUT2D eigenvalue weighted by Gasteiger charge is 2.06. The van der Waals surface area contributed by atoms with Gasteiger partial charge >= 0.3 is 0 Å². The van der Waals surface area contributed by atoms with Crippen molar-refractivity contribution in [1.82, 2.24) is 4.98 Å². The highest BCUT2D eigenvalue weighted by Crippen LogP contribution is 2.26. The molecular formula is C8H10Br2N2. The van der Waals surface area contributed by atoms with Crippen LogP contribution in [0.3, 0.4) is 0 Å². The Labute approximate surface area is 89.2 Å². The Morgan fingerprint density at radius 2 is 1.92 bits per heavy atom. The SMILES string of the molecule is Cc1cc(Br)c(Br)nc1N(C)C. The number of hydrogen-bond donors (Lipinski definition) is 0. The maximum absolute atomic E-state index is 4.37. The van der Waals surface area contributed by atoms with Gasteiger partial charge in [0.05, 0.1) is 4.47 Å². The van der Waals surface area contributed by atoms with Gasteiger partial charge in [-0.2, -0.15) is 0 Å². The van der Waals surface area contributed by atoms with E-state index in [-0.39, 0.29) is 0 Å². The van der Waals surface area contributed by atoms with Crippen molar-refractivity contribution in [2.75, 3.05) is 19.0 Å². The van der Waals surface area contributed by atoms with Gasteiger partial charge in [-0.1, -0.05) is 0 Å². The van der Waals surface area contributed by atoms with Gasteiger partial charge < -0.3 is 4.90 Å². The van der Waals surface area contributed by atoms with E-state index in [4.69, 9.17) is 0 Å². The zero-order valence-electron chi connectivity index (χ0n) is 7.23. The third-order valence-corrected chi connectivity index (χ3v) is 3.26. The van der Waals surface area contributed by atoms with E-state index < -0.39 is 0 Å². The molecule has 0 atom stereocenters. The summed E-state index contributed by atoms with van der Waals surface area (Å²) in [7, 11) is 3.96. The van der Waals surface area contributed by atoms with E-state index in [1.54, 1.807) is 0 Å². The molecule has 4 heteroatoms. The summed E-state index contributed by atoms with van der Waals surface area (Å²) >= 11 is 6.77. The Morgan fingerprint density at radius 3 is 2.42 bits per heavy atom. The van der Waals surface area contributed by atoms with Crippen molar-refractivity contribution in [3.05, 3.63) is 20.7 Å². The van der Waals surface area contributed by atoms with E-state index in [0.717, 1.165) is 20.5 Å². The third kappa shape index (κ3) is 1.98. The monoisotopic (exact) mass is 292 g/mol. The van der Waals surface area contributed by atoms with Crippen LogP contribution in [0, 0.1) is 6.92 Å². The van der Waals surface area contributed by atoms with Gasteiger partial charge in [-0.15, -0.1) is 0 Å². The normalized spacial score (nSPS) is 10.1. The number of hydrogen-bond acceptors (Lipinski definition) is 2. The number of nitrogens with zero attached hydrogens (tertiary/aromatic N) is 2. The fourth-order valence-corrected chi connectivity index (χ4v) is 1.72. The zero-order chi connectivity index (χ0) is 9.30. The summed E-state index contributed by atoms with van der Waals surface area (Å²) in [4.78, 5) is 6.36. The molecule has 0 aliphatic rings. The first kappa shape index (κ1) is 9.99. The van der Waals surface area contributed by atoms with Gasteiger partial charge in [-0.3, -0.25) is 0 Å². The first-order valence-electron chi connectivity index (χ1n) is 3.52. The quantitative estimate of drug-likeness (QED) is 0.740. The van der Waals surface area contributed by atoms with Gasteiger partial charge in [-0.05, 0) is 50.4 Å². The summed E-state index contributed by atoms with van der Waals surface area (Å²) in [5, 5.41) is 0. The Bertz CT molecular complexity index is 297. The average molecular weight is 294 g/mol. The average Bonchev–Trinajstić information content (AvgIpc) is 1.96. The Morgan fingerprint density at radius 1 is 1.33 bits per heavy atom. The van der Waals surface area contributed by atoms with Gasteiger partial charge in [-0.25, -0.2) is 4.98 Å². The summed E-state index contributed by atoms with van der Waals surface area (Å²) in [6, 6.07) is 2.05. The van der Waals surface area contributed by atoms with Crippen LogP contribution in [-0.2, 0) is 0 Å². The van der Waals surface area contributed by atoms with Gasteiger partial charge in [0.15, 0.2) is 0 Å². The fourth-order valence-electron chi connectivity index (χ4n) is 1.00. The van der Waals surface area contributed by atoms with Crippen molar-refractivity contribution < 1.29 is 0 Å². The van der Waals surface area contributed by atoms with Crippen molar-refractivity contribution in [2.45, 2.75) is 6.92 Å². The van der Waals surface area contributed by atoms with Crippen LogP contribution in [0.15, 0.2) is 15.1 Å². The topological polar surface area (TPSA) is 16.1 Å². The highest BCUT2D eigenvalue weighted by atomic mass is 79.9. The van der Waals surface area contributed by atoms with Gasteiger partial charge in [0, 0.05) is 14.1 Å². The molecule has 12 heavy (non-hydrogen) atoms. The first-order valence-corrected chi connectivity index (χ1v) is 5.11. The molecule has 2 nitrogen and oxygen atoms in total. The number of anilines is 1. The number of rotatable bonds is 1. The van der Waals surface area contributed by atoms with Crippen molar-refractivity contribution in [3.63, 3.8) is 0 Å². The fraction of sp³-hybridized carbons (Fsp3) is 0.375. The Balaban J connectivity index is 3.23. The van der Waals surface area contributed by atoms with E-state index in [1.165, 1.54) is 0 Å². The summed E-state index contributed by atoms with van der Waals surface area (Å²) in [6.07, 6.45) is 0.